The van der Waals surface area contributed by atoms with Crippen LogP contribution >= 0.6 is 0 Å². The highest BCUT2D eigenvalue weighted by Crippen LogP contribution is 2.19. The SMILES string of the molecule is CC[C@H](C)Oc1ccc(-c2nnc(CCC(=O)NCc3cccnc3)c(=O)[nH]2)cc1. The van der Waals surface area contributed by atoms with Gasteiger partial charge in [0.25, 0.3) is 5.56 Å². The predicted molar refractivity (Wildman–Crippen MR) is 113 cm³/mol. The minimum Gasteiger partial charge on any atom is -0.491 e. The third-order valence-electron chi connectivity index (χ3n) is 4.61. The molecular formula is C22H25N5O3. The lowest BCUT2D eigenvalue weighted by Crippen LogP contribution is -2.25. The fourth-order valence-corrected chi connectivity index (χ4v) is 2.68. The van der Waals surface area contributed by atoms with Gasteiger partial charge in [-0.1, -0.05) is 13.0 Å². The fourth-order valence-electron chi connectivity index (χ4n) is 2.68. The smallest absolute Gasteiger partial charge is 0.273 e. The number of hydrogen-bond donors (Lipinski definition) is 2. The van der Waals surface area contributed by atoms with Crippen molar-refractivity contribution >= 4 is 5.91 Å². The van der Waals surface area contributed by atoms with Gasteiger partial charge in [-0.25, -0.2) is 0 Å². The summed E-state index contributed by atoms with van der Waals surface area (Å²) in [5, 5.41) is 10.9. The number of ether oxygens (including phenoxy) is 1. The number of aromatic amines is 1. The zero-order valence-corrected chi connectivity index (χ0v) is 17.1. The van der Waals surface area contributed by atoms with Crippen LogP contribution in [0.25, 0.3) is 11.4 Å². The Labute approximate surface area is 174 Å². The molecule has 0 fully saturated rings. The molecule has 3 rings (SSSR count). The topological polar surface area (TPSA) is 110 Å². The van der Waals surface area contributed by atoms with Crippen molar-refractivity contribution in [2.45, 2.75) is 45.8 Å². The van der Waals surface area contributed by atoms with Crippen molar-refractivity contribution in [3.8, 4) is 17.1 Å². The van der Waals surface area contributed by atoms with Gasteiger partial charge in [-0.05, 0) is 49.2 Å². The van der Waals surface area contributed by atoms with Crippen LogP contribution in [0.3, 0.4) is 0 Å². The summed E-state index contributed by atoms with van der Waals surface area (Å²) in [4.78, 5) is 31.1. The van der Waals surface area contributed by atoms with Crippen molar-refractivity contribution in [3.05, 3.63) is 70.4 Å². The lowest BCUT2D eigenvalue weighted by atomic mass is 10.2. The van der Waals surface area contributed by atoms with E-state index in [1.807, 2.05) is 43.3 Å². The van der Waals surface area contributed by atoms with Crippen LogP contribution < -0.4 is 15.6 Å². The maximum absolute atomic E-state index is 12.3. The molecule has 30 heavy (non-hydrogen) atoms. The lowest BCUT2D eigenvalue weighted by Gasteiger charge is -2.12. The third-order valence-corrected chi connectivity index (χ3v) is 4.61. The van der Waals surface area contributed by atoms with Crippen molar-refractivity contribution in [1.29, 1.82) is 0 Å². The summed E-state index contributed by atoms with van der Waals surface area (Å²) in [6, 6.07) is 11.0. The number of aryl methyl sites for hydroxylation is 1. The van der Waals surface area contributed by atoms with Gasteiger partial charge in [-0.2, -0.15) is 0 Å². The normalized spacial score (nSPS) is 11.7. The molecule has 156 valence electrons. The molecule has 8 heteroatoms. The number of benzene rings is 1. The molecule has 3 aromatic rings. The maximum Gasteiger partial charge on any atom is 0.273 e. The molecule has 0 aliphatic rings. The molecule has 0 bridgehead atoms. The van der Waals surface area contributed by atoms with Gasteiger partial charge in [-0.15, -0.1) is 10.2 Å². The summed E-state index contributed by atoms with van der Waals surface area (Å²) in [6.45, 7) is 4.46. The average molecular weight is 407 g/mol. The molecular weight excluding hydrogens is 382 g/mol. The summed E-state index contributed by atoms with van der Waals surface area (Å²) < 4.78 is 5.75. The second-order valence-electron chi connectivity index (χ2n) is 6.95. The minimum absolute atomic E-state index is 0.135. The maximum atomic E-state index is 12.3. The van der Waals surface area contributed by atoms with E-state index in [4.69, 9.17) is 4.74 Å². The zero-order chi connectivity index (χ0) is 21.3. The van der Waals surface area contributed by atoms with E-state index in [1.54, 1.807) is 12.4 Å². The molecule has 0 saturated heterocycles. The first-order chi connectivity index (χ1) is 14.5. The van der Waals surface area contributed by atoms with Crippen LogP contribution in [0, 0.1) is 0 Å². The number of nitrogens with zero attached hydrogens (tertiary/aromatic N) is 3. The first-order valence-corrected chi connectivity index (χ1v) is 9.93. The number of carbonyl (C=O) groups excluding carboxylic acids is 1. The number of nitrogens with one attached hydrogen (secondary N) is 2. The van der Waals surface area contributed by atoms with Gasteiger partial charge in [0.2, 0.25) is 5.91 Å². The first kappa shape index (κ1) is 21.2. The molecule has 1 amide bonds. The fraction of sp³-hybridized carbons (Fsp3) is 0.318. The van der Waals surface area contributed by atoms with Crippen LogP contribution in [-0.4, -0.2) is 32.2 Å². The number of rotatable bonds is 9. The molecule has 2 N–H and O–H groups in total. The largest absolute Gasteiger partial charge is 0.491 e. The molecule has 0 aliphatic carbocycles. The monoisotopic (exact) mass is 407 g/mol. The number of hydrogen-bond acceptors (Lipinski definition) is 6. The van der Waals surface area contributed by atoms with Crippen LogP contribution in [-0.2, 0) is 17.8 Å². The molecule has 2 heterocycles. The molecule has 0 unspecified atom stereocenters. The molecule has 2 aromatic heterocycles. The van der Waals surface area contributed by atoms with Crippen LogP contribution in [0.15, 0.2) is 53.6 Å². The van der Waals surface area contributed by atoms with Gasteiger partial charge in [0, 0.05) is 37.3 Å². The Morgan fingerprint density at radius 2 is 2.00 bits per heavy atom. The predicted octanol–water partition coefficient (Wildman–Crippen LogP) is 2.65. The van der Waals surface area contributed by atoms with Gasteiger partial charge < -0.3 is 15.0 Å². The number of amides is 1. The highest BCUT2D eigenvalue weighted by molar-refractivity contribution is 5.76. The van der Waals surface area contributed by atoms with Gasteiger partial charge in [0.1, 0.15) is 11.4 Å². The molecule has 8 nitrogen and oxygen atoms in total. The summed E-state index contributed by atoms with van der Waals surface area (Å²) >= 11 is 0. The summed E-state index contributed by atoms with van der Waals surface area (Å²) in [5.41, 5.74) is 1.53. The molecule has 0 radical (unpaired) electrons. The Morgan fingerprint density at radius 1 is 1.20 bits per heavy atom. The van der Waals surface area contributed by atoms with E-state index >= 15 is 0 Å². The Kier molecular flexibility index (Phi) is 7.26. The Hall–Kier alpha value is -3.55. The van der Waals surface area contributed by atoms with Crippen LogP contribution in [0.4, 0.5) is 0 Å². The lowest BCUT2D eigenvalue weighted by molar-refractivity contribution is -0.121. The van der Waals surface area contributed by atoms with Crippen LogP contribution in [0.5, 0.6) is 5.75 Å². The number of H-pyrrole nitrogens is 1. The summed E-state index contributed by atoms with van der Waals surface area (Å²) in [7, 11) is 0. The van der Waals surface area contributed by atoms with E-state index in [0.717, 1.165) is 23.3 Å². The number of carbonyl (C=O) groups is 1. The second-order valence-corrected chi connectivity index (χ2v) is 6.95. The minimum atomic E-state index is -0.347. The van der Waals surface area contributed by atoms with Gasteiger partial charge >= 0.3 is 0 Å². The number of pyridine rings is 1. The third kappa shape index (κ3) is 5.97. The van der Waals surface area contributed by atoms with E-state index in [-0.39, 0.29) is 36.1 Å². The van der Waals surface area contributed by atoms with Crippen molar-refractivity contribution in [2.24, 2.45) is 0 Å². The summed E-state index contributed by atoms with van der Waals surface area (Å²) in [6.07, 6.45) is 4.79. The highest BCUT2D eigenvalue weighted by Gasteiger charge is 2.10. The standard InChI is InChI=1S/C22H25N5O3/c1-3-15(2)30-18-8-6-17(7-9-18)21-25-22(29)19(26-27-21)10-11-20(28)24-14-16-5-4-12-23-13-16/h4-9,12-13,15H,3,10-11,14H2,1-2H3,(H,24,28)(H,25,27,29)/t15-/m0/s1. The van der Waals surface area contributed by atoms with E-state index in [1.165, 1.54) is 0 Å². The van der Waals surface area contributed by atoms with Gasteiger partial charge in [0.05, 0.1) is 6.10 Å². The van der Waals surface area contributed by atoms with Crippen LogP contribution in [0.2, 0.25) is 0 Å². The van der Waals surface area contributed by atoms with Gasteiger partial charge in [0.15, 0.2) is 5.82 Å². The van der Waals surface area contributed by atoms with E-state index in [2.05, 4.69) is 32.4 Å². The van der Waals surface area contributed by atoms with Gasteiger partial charge in [-0.3, -0.25) is 14.6 Å². The average Bonchev–Trinajstić information content (AvgIpc) is 2.78. The van der Waals surface area contributed by atoms with E-state index in [9.17, 15) is 9.59 Å². The first-order valence-electron chi connectivity index (χ1n) is 9.93. The number of aromatic nitrogens is 4. The highest BCUT2D eigenvalue weighted by atomic mass is 16.5. The molecule has 0 saturated carbocycles. The Bertz CT molecular complexity index is 1020. The second kappa shape index (κ2) is 10.3. The van der Waals surface area contributed by atoms with Crippen molar-refractivity contribution in [1.82, 2.24) is 25.5 Å². The van der Waals surface area contributed by atoms with Crippen molar-refractivity contribution < 1.29 is 9.53 Å². The van der Waals surface area contributed by atoms with Crippen molar-refractivity contribution in [2.75, 3.05) is 0 Å². The Balaban J connectivity index is 1.56. The zero-order valence-electron chi connectivity index (χ0n) is 17.1. The summed E-state index contributed by atoms with van der Waals surface area (Å²) in [5.74, 6) is 0.971. The quantitative estimate of drug-likeness (QED) is 0.564. The van der Waals surface area contributed by atoms with Crippen LogP contribution in [0.1, 0.15) is 37.9 Å². The molecule has 0 spiro atoms. The van der Waals surface area contributed by atoms with E-state index < -0.39 is 0 Å². The Morgan fingerprint density at radius 3 is 2.67 bits per heavy atom. The van der Waals surface area contributed by atoms with Crippen molar-refractivity contribution in [3.63, 3.8) is 0 Å². The molecule has 0 aliphatic heterocycles. The molecule has 1 atom stereocenters. The molecule has 1 aromatic carbocycles. The van der Waals surface area contributed by atoms with E-state index in [0.29, 0.717) is 12.4 Å².